The Labute approximate surface area is 213 Å². The third kappa shape index (κ3) is 7.92. The minimum absolute atomic E-state index is 0. The van der Waals surface area contributed by atoms with E-state index in [-0.39, 0.29) is 24.0 Å². The second-order valence-electron chi connectivity index (χ2n) is 7.41. The Morgan fingerprint density at radius 3 is 2.18 bits per heavy atom. The molecule has 0 amide bonds. The topological polar surface area (TPSA) is 76.8 Å². The van der Waals surface area contributed by atoms with E-state index in [2.05, 4.69) is 44.0 Å². The first kappa shape index (κ1) is 26.4. The fourth-order valence-electron chi connectivity index (χ4n) is 3.32. The molecule has 0 bridgehead atoms. The lowest BCUT2D eigenvalue weighted by Gasteiger charge is -2.23. The molecule has 1 aromatic heterocycles. The van der Waals surface area contributed by atoms with Crippen LogP contribution in [0.5, 0.6) is 11.5 Å². The van der Waals surface area contributed by atoms with Crippen LogP contribution in [0.1, 0.15) is 23.9 Å². The van der Waals surface area contributed by atoms with Crippen LogP contribution >= 0.6 is 24.0 Å². The Hall–Kier alpha value is -2.82. The average Bonchev–Trinajstić information content (AvgIpc) is 3.29. The lowest BCUT2D eigenvalue weighted by molar-refractivity contribution is 0.414. The van der Waals surface area contributed by atoms with Crippen molar-refractivity contribution < 1.29 is 9.47 Å². The first-order chi connectivity index (χ1) is 15.6. The normalized spacial score (nSPS) is 11.0. The van der Waals surface area contributed by atoms with Crippen molar-refractivity contribution in [3.05, 3.63) is 71.8 Å². The van der Waals surface area contributed by atoms with E-state index in [1.165, 1.54) is 5.56 Å². The first-order valence-electron chi connectivity index (χ1n) is 10.7. The zero-order chi connectivity index (χ0) is 22.8. The lowest BCUT2D eigenvalue weighted by atomic mass is 10.2. The molecule has 0 spiro atoms. The number of ether oxygens (including phenoxy) is 2. The summed E-state index contributed by atoms with van der Waals surface area (Å²) >= 11 is 0. The number of hydrogen-bond acceptors (Lipinski definition) is 5. The highest BCUT2D eigenvalue weighted by atomic mass is 127. The second-order valence-corrected chi connectivity index (χ2v) is 7.41. The summed E-state index contributed by atoms with van der Waals surface area (Å²) in [5.41, 5.74) is 2.30. The highest BCUT2D eigenvalue weighted by Gasteiger charge is 2.09. The summed E-state index contributed by atoms with van der Waals surface area (Å²) in [6.07, 6.45) is 2.63. The molecular weight excluding hydrogens is 531 g/mol. The van der Waals surface area contributed by atoms with Gasteiger partial charge in [0, 0.05) is 33.1 Å². The molecule has 1 N–H and O–H groups in total. The summed E-state index contributed by atoms with van der Waals surface area (Å²) in [4.78, 5) is 6.99. The Morgan fingerprint density at radius 2 is 1.61 bits per heavy atom. The number of aryl methyl sites for hydroxylation is 1. The van der Waals surface area contributed by atoms with Gasteiger partial charge in [-0.3, -0.25) is 0 Å². The molecule has 0 unspecified atom stereocenters. The Bertz CT molecular complexity index is 989. The summed E-state index contributed by atoms with van der Waals surface area (Å²) < 4.78 is 12.6. The molecule has 8 nitrogen and oxygen atoms in total. The van der Waals surface area contributed by atoms with Crippen LogP contribution in [0, 0.1) is 0 Å². The number of halogens is 1. The number of aliphatic imine (C=N–C) groups is 1. The van der Waals surface area contributed by atoms with E-state index < -0.39 is 0 Å². The molecule has 3 aromatic rings. The third-order valence-corrected chi connectivity index (χ3v) is 5.16. The standard InChI is InChI=1S/C24H32N6O2.HI/c1-5-23-28-27-18-30(23)15-14-25-24(26-16-19-6-10-21(31-3)11-7-19)29(2)17-20-8-12-22(32-4)13-9-20;/h6-13,18H,5,14-17H2,1-4H3,(H,25,26);1H. The summed E-state index contributed by atoms with van der Waals surface area (Å²) in [5.74, 6) is 3.51. The summed E-state index contributed by atoms with van der Waals surface area (Å²) in [6.45, 7) is 4.88. The third-order valence-electron chi connectivity index (χ3n) is 5.16. The first-order valence-corrected chi connectivity index (χ1v) is 10.7. The van der Waals surface area contributed by atoms with Crippen molar-refractivity contribution in [3.8, 4) is 11.5 Å². The van der Waals surface area contributed by atoms with E-state index in [1.54, 1.807) is 20.5 Å². The molecule has 0 aliphatic heterocycles. The van der Waals surface area contributed by atoms with Crippen molar-refractivity contribution in [3.63, 3.8) is 0 Å². The van der Waals surface area contributed by atoms with Crippen LogP contribution < -0.4 is 14.8 Å². The molecule has 0 saturated heterocycles. The summed E-state index contributed by atoms with van der Waals surface area (Å²) in [6, 6.07) is 16.1. The number of hydrogen-bond donors (Lipinski definition) is 1. The van der Waals surface area contributed by atoms with Crippen molar-refractivity contribution in [2.45, 2.75) is 33.0 Å². The summed E-state index contributed by atoms with van der Waals surface area (Å²) in [5, 5.41) is 11.7. The van der Waals surface area contributed by atoms with E-state index in [0.29, 0.717) is 6.54 Å². The molecule has 3 rings (SSSR count). The van der Waals surface area contributed by atoms with E-state index in [1.807, 2.05) is 43.4 Å². The van der Waals surface area contributed by atoms with Crippen LogP contribution in [0.2, 0.25) is 0 Å². The number of methoxy groups -OCH3 is 2. The zero-order valence-corrected chi connectivity index (χ0v) is 22.0. The molecule has 0 fully saturated rings. The molecule has 0 radical (unpaired) electrons. The predicted molar refractivity (Wildman–Crippen MR) is 141 cm³/mol. The van der Waals surface area contributed by atoms with E-state index in [9.17, 15) is 0 Å². The van der Waals surface area contributed by atoms with Gasteiger partial charge in [0.1, 0.15) is 23.7 Å². The van der Waals surface area contributed by atoms with Gasteiger partial charge in [-0.1, -0.05) is 31.2 Å². The van der Waals surface area contributed by atoms with Gasteiger partial charge in [0.15, 0.2) is 5.96 Å². The molecule has 178 valence electrons. The van der Waals surface area contributed by atoms with Gasteiger partial charge in [0.2, 0.25) is 0 Å². The number of nitrogens with zero attached hydrogens (tertiary/aromatic N) is 5. The molecular formula is C24H33IN6O2. The second kappa shape index (κ2) is 13.7. The highest BCUT2D eigenvalue weighted by Crippen LogP contribution is 2.14. The minimum atomic E-state index is 0. The van der Waals surface area contributed by atoms with Crippen molar-refractivity contribution in [1.82, 2.24) is 25.0 Å². The largest absolute Gasteiger partial charge is 0.497 e. The lowest BCUT2D eigenvalue weighted by Crippen LogP contribution is -2.40. The number of benzene rings is 2. The zero-order valence-electron chi connectivity index (χ0n) is 19.7. The van der Waals surface area contributed by atoms with Gasteiger partial charge < -0.3 is 24.3 Å². The maximum absolute atomic E-state index is 5.26. The Morgan fingerprint density at radius 1 is 1.00 bits per heavy atom. The number of aromatic nitrogens is 3. The van der Waals surface area contributed by atoms with Crippen molar-refractivity contribution in [2.75, 3.05) is 27.8 Å². The monoisotopic (exact) mass is 564 g/mol. The van der Waals surface area contributed by atoms with Crippen molar-refractivity contribution in [1.29, 1.82) is 0 Å². The molecule has 0 saturated carbocycles. The summed E-state index contributed by atoms with van der Waals surface area (Å²) in [7, 11) is 5.39. The number of rotatable bonds is 10. The van der Waals surface area contributed by atoms with E-state index in [0.717, 1.165) is 54.9 Å². The van der Waals surface area contributed by atoms with Gasteiger partial charge in [-0.15, -0.1) is 34.2 Å². The van der Waals surface area contributed by atoms with E-state index >= 15 is 0 Å². The van der Waals surface area contributed by atoms with Crippen LogP contribution in [-0.4, -0.2) is 53.4 Å². The van der Waals surface area contributed by atoms with Gasteiger partial charge in [0.05, 0.1) is 20.8 Å². The smallest absolute Gasteiger partial charge is 0.194 e. The van der Waals surface area contributed by atoms with Crippen LogP contribution in [-0.2, 0) is 26.1 Å². The Balaban J connectivity index is 0.00000385. The highest BCUT2D eigenvalue weighted by molar-refractivity contribution is 14.0. The number of guanidine groups is 1. The predicted octanol–water partition coefficient (Wildman–Crippen LogP) is 3.75. The fourth-order valence-corrected chi connectivity index (χ4v) is 3.32. The maximum atomic E-state index is 5.26. The van der Waals surface area contributed by atoms with Gasteiger partial charge >= 0.3 is 0 Å². The SMILES string of the molecule is CCc1nncn1CCNC(=NCc1ccc(OC)cc1)N(C)Cc1ccc(OC)cc1.I. The van der Waals surface area contributed by atoms with E-state index in [4.69, 9.17) is 14.5 Å². The molecule has 9 heteroatoms. The molecule has 2 aromatic carbocycles. The van der Waals surface area contributed by atoms with Crippen molar-refractivity contribution >= 4 is 29.9 Å². The fraction of sp³-hybridized carbons (Fsp3) is 0.375. The van der Waals surface area contributed by atoms with Crippen LogP contribution in [0.3, 0.4) is 0 Å². The van der Waals surface area contributed by atoms with Crippen LogP contribution in [0.15, 0.2) is 59.9 Å². The molecule has 0 aliphatic carbocycles. The molecule has 0 atom stereocenters. The average molecular weight is 564 g/mol. The van der Waals surface area contributed by atoms with Gasteiger partial charge in [-0.2, -0.15) is 0 Å². The molecule has 1 heterocycles. The quantitative estimate of drug-likeness (QED) is 0.230. The van der Waals surface area contributed by atoms with Gasteiger partial charge in [-0.25, -0.2) is 4.99 Å². The maximum Gasteiger partial charge on any atom is 0.194 e. The minimum Gasteiger partial charge on any atom is -0.497 e. The van der Waals surface area contributed by atoms with Gasteiger partial charge in [0.25, 0.3) is 0 Å². The molecule has 0 aliphatic rings. The van der Waals surface area contributed by atoms with Gasteiger partial charge in [-0.05, 0) is 35.4 Å². The number of nitrogens with one attached hydrogen (secondary N) is 1. The van der Waals surface area contributed by atoms with Crippen LogP contribution in [0.4, 0.5) is 0 Å². The Kier molecular flexibility index (Phi) is 10.9. The van der Waals surface area contributed by atoms with Crippen molar-refractivity contribution in [2.24, 2.45) is 4.99 Å². The van der Waals surface area contributed by atoms with Crippen LogP contribution in [0.25, 0.3) is 0 Å². The molecule has 33 heavy (non-hydrogen) atoms.